The zero-order valence-electron chi connectivity index (χ0n) is 10.2. The van der Waals surface area contributed by atoms with Crippen molar-refractivity contribution in [1.29, 1.82) is 5.26 Å². The number of nitriles is 1. The molecule has 2 rings (SSSR count). The first-order valence-corrected chi connectivity index (χ1v) is 6.48. The lowest BCUT2D eigenvalue weighted by atomic mass is 10.2. The lowest BCUT2D eigenvalue weighted by molar-refractivity contribution is -0.112. The van der Waals surface area contributed by atoms with Gasteiger partial charge in [-0.25, -0.2) is 4.98 Å². The fourth-order valence-corrected chi connectivity index (χ4v) is 2.19. The molecular weight excluding hydrogens is 262 g/mol. The molecule has 0 radical (unpaired) electrons. The largest absolute Gasteiger partial charge is 0.431 e. The number of oxazole rings is 1. The quantitative estimate of drug-likeness (QED) is 0.521. The van der Waals surface area contributed by atoms with Crippen molar-refractivity contribution < 1.29 is 9.21 Å². The van der Waals surface area contributed by atoms with Gasteiger partial charge in [-0.3, -0.25) is 4.79 Å². The van der Waals surface area contributed by atoms with E-state index in [0.29, 0.717) is 10.8 Å². The number of hydrogen-bond donors (Lipinski definition) is 1. The summed E-state index contributed by atoms with van der Waals surface area (Å²) in [6.07, 6.45) is 0. The van der Waals surface area contributed by atoms with Gasteiger partial charge in [0.25, 0.3) is 5.22 Å². The van der Waals surface area contributed by atoms with E-state index in [2.05, 4.69) is 4.98 Å². The third-order valence-corrected chi connectivity index (χ3v) is 3.21. The molecule has 5 nitrogen and oxygen atoms in total. The zero-order valence-corrected chi connectivity index (χ0v) is 11.0. The van der Waals surface area contributed by atoms with Crippen molar-refractivity contribution in [3.05, 3.63) is 35.5 Å². The fourth-order valence-electron chi connectivity index (χ4n) is 1.48. The van der Waals surface area contributed by atoms with E-state index in [1.807, 2.05) is 18.2 Å². The van der Waals surface area contributed by atoms with Crippen molar-refractivity contribution in [3.8, 4) is 6.07 Å². The van der Waals surface area contributed by atoms with Gasteiger partial charge < -0.3 is 10.2 Å². The number of nitrogens with two attached hydrogens (primary N) is 1. The van der Waals surface area contributed by atoms with E-state index in [9.17, 15) is 4.79 Å². The average Bonchev–Trinajstić information content (AvgIpc) is 2.79. The Kier molecular flexibility index (Phi) is 3.88. The molecule has 1 heterocycles. The molecule has 0 saturated heterocycles. The van der Waals surface area contributed by atoms with Crippen LogP contribution in [-0.4, -0.2) is 16.5 Å². The molecule has 0 spiro atoms. The molecule has 2 aromatic rings. The number of benzene rings is 1. The third-order valence-electron chi connectivity index (χ3n) is 2.39. The smallest absolute Gasteiger partial charge is 0.257 e. The summed E-state index contributed by atoms with van der Waals surface area (Å²) >= 11 is 1.15. The summed E-state index contributed by atoms with van der Waals surface area (Å²) in [5.74, 6) is -0.251. The van der Waals surface area contributed by atoms with Gasteiger partial charge in [0.2, 0.25) is 0 Å². The highest BCUT2D eigenvalue weighted by atomic mass is 32.2. The van der Waals surface area contributed by atoms with E-state index in [1.54, 1.807) is 12.1 Å². The number of Topliss-reactive ketones (excluding diaryl/α,β-unsaturated/α-hetero) is 1. The molecule has 0 amide bonds. The van der Waals surface area contributed by atoms with Gasteiger partial charge in [-0.2, -0.15) is 5.26 Å². The maximum Gasteiger partial charge on any atom is 0.257 e. The maximum atomic E-state index is 11.8. The molecule has 0 fully saturated rings. The van der Waals surface area contributed by atoms with Crippen LogP contribution in [0.1, 0.15) is 6.92 Å². The van der Waals surface area contributed by atoms with Gasteiger partial charge in [0.15, 0.2) is 11.4 Å². The Hall–Kier alpha value is -2.26. The summed E-state index contributed by atoms with van der Waals surface area (Å²) in [5.41, 5.74) is 7.09. The Morgan fingerprint density at radius 3 is 2.89 bits per heavy atom. The third kappa shape index (κ3) is 2.95. The minimum Gasteiger partial charge on any atom is -0.431 e. The second-order valence-corrected chi connectivity index (χ2v) is 4.76. The average molecular weight is 273 g/mol. The highest BCUT2D eigenvalue weighted by molar-refractivity contribution is 7.99. The normalized spacial score (nSPS) is 12.0. The van der Waals surface area contributed by atoms with Crippen LogP contribution in [0.4, 0.5) is 0 Å². The number of nitrogens with zero attached hydrogens (tertiary/aromatic N) is 2. The molecule has 6 heteroatoms. The van der Waals surface area contributed by atoms with Crippen molar-refractivity contribution in [2.75, 3.05) is 5.75 Å². The Balaban J connectivity index is 2.09. The van der Waals surface area contributed by atoms with Crippen LogP contribution < -0.4 is 5.73 Å². The molecule has 1 aromatic carbocycles. The van der Waals surface area contributed by atoms with Crippen molar-refractivity contribution in [2.45, 2.75) is 12.1 Å². The van der Waals surface area contributed by atoms with Crippen molar-refractivity contribution in [2.24, 2.45) is 5.73 Å². The number of para-hydroxylation sites is 2. The first kappa shape index (κ1) is 13.2. The van der Waals surface area contributed by atoms with Gasteiger partial charge in [-0.1, -0.05) is 23.9 Å². The van der Waals surface area contributed by atoms with Crippen LogP contribution in [-0.2, 0) is 4.79 Å². The standard InChI is InChI=1S/C13H11N3O2S/c1-8(15)9(6-14)11(17)7-19-13-16-10-4-2-3-5-12(10)18-13/h2-5H,7,15H2,1H3/b9-8-. The lowest BCUT2D eigenvalue weighted by Gasteiger charge is -1.98. The number of thioether (sulfide) groups is 1. The van der Waals surface area contributed by atoms with Crippen LogP contribution in [0.25, 0.3) is 11.1 Å². The van der Waals surface area contributed by atoms with Crippen molar-refractivity contribution in [3.63, 3.8) is 0 Å². The summed E-state index contributed by atoms with van der Waals surface area (Å²) in [6, 6.07) is 9.15. The second-order valence-electron chi connectivity index (χ2n) is 3.83. The number of fused-ring (bicyclic) bond motifs is 1. The zero-order chi connectivity index (χ0) is 13.8. The number of ketones is 1. The molecule has 2 N–H and O–H groups in total. The predicted molar refractivity (Wildman–Crippen MR) is 72.2 cm³/mol. The highest BCUT2D eigenvalue weighted by Crippen LogP contribution is 2.23. The van der Waals surface area contributed by atoms with Gasteiger partial charge in [0.1, 0.15) is 17.2 Å². The topological polar surface area (TPSA) is 92.9 Å². The molecule has 96 valence electrons. The van der Waals surface area contributed by atoms with Gasteiger partial charge in [0, 0.05) is 5.70 Å². The van der Waals surface area contributed by atoms with E-state index in [4.69, 9.17) is 15.4 Å². The monoisotopic (exact) mass is 273 g/mol. The number of hydrogen-bond acceptors (Lipinski definition) is 6. The Morgan fingerprint density at radius 1 is 1.53 bits per heavy atom. The Labute approximate surface area is 114 Å². The van der Waals surface area contributed by atoms with E-state index >= 15 is 0 Å². The molecule has 0 saturated carbocycles. The van der Waals surface area contributed by atoms with Gasteiger partial charge in [0.05, 0.1) is 5.75 Å². The summed E-state index contributed by atoms with van der Waals surface area (Å²) in [6.45, 7) is 1.53. The van der Waals surface area contributed by atoms with Crippen LogP contribution in [0, 0.1) is 11.3 Å². The molecule has 0 aliphatic rings. The van der Waals surface area contributed by atoms with Crippen LogP contribution in [0.5, 0.6) is 0 Å². The van der Waals surface area contributed by atoms with Gasteiger partial charge in [-0.05, 0) is 19.1 Å². The van der Waals surface area contributed by atoms with E-state index in [0.717, 1.165) is 17.3 Å². The molecule has 0 atom stereocenters. The minimum absolute atomic E-state index is 0.0105. The molecule has 19 heavy (non-hydrogen) atoms. The number of rotatable bonds is 4. The number of aromatic nitrogens is 1. The van der Waals surface area contributed by atoms with E-state index in [1.165, 1.54) is 6.92 Å². The van der Waals surface area contributed by atoms with E-state index < -0.39 is 0 Å². The molecule has 0 aliphatic heterocycles. The van der Waals surface area contributed by atoms with E-state index in [-0.39, 0.29) is 22.8 Å². The van der Waals surface area contributed by atoms with Crippen molar-refractivity contribution in [1.82, 2.24) is 4.98 Å². The summed E-state index contributed by atoms with van der Waals surface area (Å²) in [7, 11) is 0. The maximum absolute atomic E-state index is 11.8. The SMILES string of the molecule is C/C(N)=C(\C#N)C(=O)CSc1nc2ccccc2o1. The first-order chi connectivity index (χ1) is 9.11. The van der Waals surface area contributed by atoms with Gasteiger partial charge in [-0.15, -0.1) is 0 Å². The van der Waals surface area contributed by atoms with Gasteiger partial charge >= 0.3 is 0 Å². The highest BCUT2D eigenvalue weighted by Gasteiger charge is 2.14. The Morgan fingerprint density at radius 2 is 2.26 bits per heavy atom. The summed E-state index contributed by atoms with van der Waals surface area (Å²) in [4.78, 5) is 16.0. The molecule has 1 aromatic heterocycles. The van der Waals surface area contributed by atoms with Crippen LogP contribution in [0.15, 0.2) is 45.2 Å². The van der Waals surface area contributed by atoms with Crippen molar-refractivity contribution >= 4 is 28.6 Å². The Bertz CT molecular complexity index is 660. The first-order valence-electron chi connectivity index (χ1n) is 5.50. The molecule has 0 bridgehead atoms. The number of carbonyl (C=O) groups excluding carboxylic acids is 1. The fraction of sp³-hybridized carbons (Fsp3) is 0.154. The summed E-state index contributed by atoms with van der Waals surface area (Å²) < 4.78 is 5.46. The lowest BCUT2D eigenvalue weighted by Crippen LogP contribution is -2.10. The second kappa shape index (κ2) is 5.59. The molecular formula is C13H11N3O2S. The molecule has 0 aliphatic carbocycles. The van der Waals surface area contributed by atoms with Crippen LogP contribution >= 0.6 is 11.8 Å². The minimum atomic E-state index is -0.324. The summed E-state index contributed by atoms with van der Waals surface area (Å²) in [5, 5.41) is 9.23. The van der Waals surface area contributed by atoms with Crippen LogP contribution in [0.3, 0.4) is 0 Å². The molecule has 0 unspecified atom stereocenters. The number of carbonyl (C=O) groups is 1. The number of allylic oxidation sites excluding steroid dienone is 2. The van der Waals surface area contributed by atoms with Crippen LogP contribution in [0.2, 0.25) is 0 Å². The predicted octanol–water partition coefficient (Wildman–Crippen LogP) is 2.25.